The first-order valence-electron chi connectivity index (χ1n) is 5.45. The Hall–Kier alpha value is -1.69. The molecule has 0 radical (unpaired) electrons. The lowest BCUT2D eigenvalue weighted by Gasteiger charge is -2.13. The minimum Gasteiger partial charge on any atom is -0.467 e. The van der Waals surface area contributed by atoms with Crippen molar-refractivity contribution in [3.63, 3.8) is 0 Å². The third-order valence-electron chi connectivity index (χ3n) is 2.89. The summed E-state index contributed by atoms with van der Waals surface area (Å²) in [7, 11) is 1.21. The number of esters is 1. The number of rotatable bonds is 3. The molecule has 0 saturated heterocycles. The minimum absolute atomic E-state index is 0.436. The average Bonchev–Trinajstić information content (AvgIpc) is 2.60. The Bertz CT molecular complexity index is 384. The van der Waals surface area contributed by atoms with Crippen molar-refractivity contribution in [3.05, 3.63) is 11.1 Å². The summed E-state index contributed by atoms with van der Waals surface area (Å²) in [6.45, 7) is -0.436. The molecular formula is C11H13NO5. The number of methoxy groups -OCH3 is 1. The van der Waals surface area contributed by atoms with Gasteiger partial charge in [-0.3, -0.25) is 14.4 Å². The van der Waals surface area contributed by atoms with E-state index in [1.165, 1.54) is 7.11 Å². The molecule has 6 heteroatoms. The normalized spacial score (nSPS) is 19.7. The molecule has 2 amide bonds. The summed E-state index contributed by atoms with van der Waals surface area (Å²) in [5.74, 6) is -1.50. The van der Waals surface area contributed by atoms with Crippen molar-refractivity contribution in [1.29, 1.82) is 0 Å². The third kappa shape index (κ3) is 2.08. The van der Waals surface area contributed by atoms with Crippen LogP contribution in [0.3, 0.4) is 0 Å². The monoisotopic (exact) mass is 239 g/mol. The van der Waals surface area contributed by atoms with E-state index in [-0.39, 0.29) is 0 Å². The summed E-state index contributed by atoms with van der Waals surface area (Å²) >= 11 is 0. The van der Waals surface area contributed by atoms with Crippen molar-refractivity contribution in [2.24, 2.45) is 0 Å². The smallest absolute Gasteiger partial charge is 0.334 e. The van der Waals surface area contributed by atoms with Gasteiger partial charge in [-0.05, 0) is 25.7 Å². The van der Waals surface area contributed by atoms with Gasteiger partial charge in [-0.1, -0.05) is 0 Å². The van der Waals surface area contributed by atoms with E-state index in [0.717, 1.165) is 12.8 Å². The quantitative estimate of drug-likeness (QED) is 0.524. The largest absolute Gasteiger partial charge is 0.467 e. The summed E-state index contributed by atoms with van der Waals surface area (Å²) in [5.41, 5.74) is 1.07. The van der Waals surface area contributed by atoms with Crippen LogP contribution < -0.4 is 0 Å². The first-order chi connectivity index (χ1) is 8.15. The number of carbonyl (C=O) groups excluding carboxylic acids is 3. The van der Waals surface area contributed by atoms with Crippen LogP contribution in [0.4, 0.5) is 0 Å². The molecule has 0 atom stereocenters. The van der Waals surface area contributed by atoms with E-state index >= 15 is 0 Å². The number of hydroxylamine groups is 2. The molecule has 0 aromatic rings. The molecule has 2 aliphatic rings. The minimum atomic E-state index is -0.629. The van der Waals surface area contributed by atoms with Crippen LogP contribution in [0, 0.1) is 0 Å². The lowest BCUT2D eigenvalue weighted by Crippen LogP contribution is -2.34. The molecule has 0 aromatic carbocycles. The molecule has 1 aliphatic carbocycles. The standard InChI is InChI=1S/C11H13NO5/c1-16-9(13)6-17-12-10(14)7-4-2-3-5-8(7)11(12)15/h2-6H2,1H3. The molecule has 17 heavy (non-hydrogen) atoms. The number of hydrogen-bond donors (Lipinski definition) is 0. The van der Waals surface area contributed by atoms with Crippen LogP contribution in [0.15, 0.2) is 11.1 Å². The van der Waals surface area contributed by atoms with E-state index in [4.69, 9.17) is 4.84 Å². The number of ether oxygens (including phenoxy) is 1. The van der Waals surface area contributed by atoms with Crippen LogP contribution in [-0.4, -0.2) is 36.6 Å². The maximum atomic E-state index is 11.8. The maximum Gasteiger partial charge on any atom is 0.334 e. The Kier molecular flexibility index (Phi) is 3.23. The van der Waals surface area contributed by atoms with Gasteiger partial charge in [0.15, 0.2) is 6.61 Å². The molecule has 0 spiro atoms. The van der Waals surface area contributed by atoms with Crippen molar-refractivity contribution >= 4 is 17.8 Å². The zero-order chi connectivity index (χ0) is 12.4. The number of carbonyl (C=O) groups is 3. The van der Waals surface area contributed by atoms with Crippen LogP contribution in [0.5, 0.6) is 0 Å². The summed E-state index contributed by atoms with van der Waals surface area (Å²) in [5, 5.41) is 0.674. The predicted molar refractivity (Wildman–Crippen MR) is 55.3 cm³/mol. The van der Waals surface area contributed by atoms with E-state index in [2.05, 4.69) is 4.74 Å². The van der Waals surface area contributed by atoms with Gasteiger partial charge in [0.1, 0.15) is 0 Å². The molecule has 0 bridgehead atoms. The molecule has 0 unspecified atom stereocenters. The fourth-order valence-electron chi connectivity index (χ4n) is 2.01. The van der Waals surface area contributed by atoms with Crippen molar-refractivity contribution in [3.8, 4) is 0 Å². The van der Waals surface area contributed by atoms with Crippen molar-refractivity contribution < 1.29 is 24.0 Å². The van der Waals surface area contributed by atoms with Gasteiger partial charge >= 0.3 is 5.97 Å². The van der Waals surface area contributed by atoms with Gasteiger partial charge in [0.05, 0.1) is 7.11 Å². The Labute approximate surface area is 98.1 Å². The van der Waals surface area contributed by atoms with Crippen LogP contribution in [0.25, 0.3) is 0 Å². The Morgan fingerprint density at radius 1 is 1.18 bits per heavy atom. The summed E-state index contributed by atoms with van der Waals surface area (Å²) < 4.78 is 4.37. The van der Waals surface area contributed by atoms with Gasteiger partial charge in [-0.25, -0.2) is 4.79 Å². The fourth-order valence-corrected chi connectivity index (χ4v) is 2.01. The van der Waals surface area contributed by atoms with Crippen LogP contribution >= 0.6 is 0 Å². The van der Waals surface area contributed by atoms with E-state index in [9.17, 15) is 14.4 Å². The molecule has 0 fully saturated rings. The van der Waals surface area contributed by atoms with Crippen LogP contribution in [-0.2, 0) is 24.0 Å². The zero-order valence-corrected chi connectivity index (χ0v) is 9.52. The number of imide groups is 1. The molecule has 0 saturated carbocycles. The molecular weight excluding hydrogens is 226 g/mol. The zero-order valence-electron chi connectivity index (χ0n) is 9.52. The van der Waals surface area contributed by atoms with E-state index < -0.39 is 24.4 Å². The van der Waals surface area contributed by atoms with E-state index in [0.29, 0.717) is 29.1 Å². The van der Waals surface area contributed by atoms with Gasteiger partial charge in [0, 0.05) is 11.1 Å². The highest BCUT2D eigenvalue weighted by atomic mass is 16.7. The maximum absolute atomic E-state index is 11.8. The topological polar surface area (TPSA) is 72.9 Å². The second kappa shape index (κ2) is 4.67. The lowest BCUT2D eigenvalue weighted by atomic mass is 9.93. The van der Waals surface area contributed by atoms with Gasteiger partial charge < -0.3 is 4.74 Å². The highest BCUT2D eigenvalue weighted by molar-refractivity contribution is 6.18. The highest BCUT2D eigenvalue weighted by Crippen LogP contribution is 2.32. The van der Waals surface area contributed by atoms with Gasteiger partial charge in [0.2, 0.25) is 0 Å². The van der Waals surface area contributed by atoms with Crippen molar-refractivity contribution in [2.45, 2.75) is 25.7 Å². The second-order valence-electron chi connectivity index (χ2n) is 3.92. The Balaban J connectivity index is 2.05. The Morgan fingerprint density at radius 3 is 2.18 bits per heavy atom. The number of nitrogens with zero attached hydrogens (tertiary/aromatic N) is 1. The van der Waals surface area contributed by atoms with Gasteiger partial charge in [-0.2, -0.15) is 0 Å². The fraction of sp³-hybridized carbons (Fsp3) is 0.545. The van der Waals surface area contributed by atoms with Crippen molar-refractivity contribution in [2.75, 3.05) is 13.7 Å². The van der Waals surface area contributed by atoms with E-state index in [1.807, 2.05) is 0 Å². The van der Waals surface area contributed by atoms with Crippen molar-refractivity contribution in [1.82, 2.24) is 5.06 Å². The number of hydrogen-bond acceptors (Lipinski definition) is 5. The molecule has 0 aromatic heterocycles. The Morgan fingerprint density at radius 2 is 1.71 bits per heavy atom. The highest BCUT2D eigenvalue weighted by Gasteiger charge is 2.40. The van der Waals surface area contributed by atoms with Gasteiger partial charge in [0.25, 0.3) is 11.8 Å². The second-order valence-corrected chi connectivity index (χ2v) is 3.92. The summed E-state index contributed by atoms with van der Waals surface area (Å²) in [6.07, 6.45) is 3.03. The SMILES string of the molecule is COC(=O)CON1C(=O)C2=C(CCCC2)C1=O. The first-order valence-corrected chi connectivity index (χ1v) is 5.45. The van der Waals surface area contributed by atoms with Crippen LogP contribution in [0.2, 0.25) is 0 Å². The summed E-state index contributed by atoms with van der Waals surface area (Å²) in [4.78, 5) is 39.4. The molecule has 2 rings (SSSR count). The van der Waals surface area contributed by atoms with E-state index in [1.54, 1.807) is 0 Å². The molecule has 1 heterocycles. The third-order valence-corrected chi connectivity index (χ3v) is 2.89. The number of amides is 2. The first kappa shape index (κ1) is 11.8. The predicted octanol–water partition coefficient (Wildman–Crippen LogP) is 0.330. The summed E-state index contributed by atoms with van der Waals surface area (Å²) in [6, 6.07) is 0. The lowest BCUT2D eigenvalue weighted by molar-refractivity contribution is -0.192. The molecule has 1 aliphatic heterocycles. The van der Waals surface area contributed by atoms with Gasteiger partial charge in [-0.15, -0.1) is 5.06 Å². The average molecular weight is 239 g/mol. The molecule has 92 valence electrons. The molecule has 6 nitrogen and oxygen atoms in total. The van der Waals surface area contributed by atoms with Crippen LogP contribution in [0.1, 0.15) is 25.7 Å². The molecule has 0 N–H and O–H groups in total.